The van der Waals surface area contributed by atoms with Crippen molar-refractivity contribution >= 4 is 0 Å². The maximum absolute atomic E-state index is 12.9. The van der Waals surface area contributed by atoms with Crippen LogP contribution < -0.4 is 14.2 Å². The number of aliphatic hydroxyl groups is 3. The van der Waals surface area contributed by atoms with E-state index in [1.807, 2.05) is 0 Å². The number of phenolic OH excluding ortho intramolecular Hbond substituents is 10. The fourth-order valence-corrected chi connectivity index (χ4v) is 8.77. The first-order valence-electron chi connectivity index (χ1n) is 19.0. The van der Waals surface area contributed by atoms with Gasteiger partial charge in [-0.05, 0) is 65.2 Å². The Labute approximate surface area is 345 Å². The third kappa shape index (κ3) is 6.35. The van der Waals surface area contributed by atoms with Crippen LogP contribution in [0.3, 0.4) is 0 Å². The molecule has 0 fully saturated rings. The van der Waals surface area contributed by atoms with Crippen molar-refractivity contribution < 1.29 is 80.6 Å². The average molecular weight is 835 g/mol. The molecule has 0 bridgehead atoms. The number of hydrogen-bond acceptors (Lipinski definition) is 16. The Hall–Kier alpha value is -7.40. The molecule has 0 radical (unpaired) electrons. The highest BCUT2D eigenvalue weighted by Gasteiger charge is 2.50. The fourth-order valence-electron chi connectivity index (χ4n) is 8.77. The van der Waals surface area contributed by atoms with Gasteiger partial charge >= 0.3 is 0 Å². The minimum Gasteiger partial charge on any atom is -0.508 e. The Morgan fingerprint density at radius 2 is 0.852 bits per heavy atom. The summed E-state index contributed by atoms with van der Waals surface area (Å²) in [6, 6.07) is 18.9. The maximum atomic E-state index is 12.9. The van der Waals surface area contributed by atoms with Crippen LogP contribution in [0.5, 0.6) is 74.7 Å². The molecule has 0 saturated carbocycles. The topological polar surface area (TPSA) is 291 Å². The Morgan fingerprint density at radius 3 is 1.36 bits per heavy atom. The lowest BCUT2D eigenvalue weighted by atomic mass is 9.73. The smallest absolute Gasteiger partial charge is 0.157 e. The van der Waals surface area contributed by atoms with Gasteiger partial charge in [0.1, 0.15) is 58.6 Å². The summed E-state index contributed by atoms with van der Waals surface area (Å²) in [4.78, 5) is 0. The lowest BCUT2D eigenvalue weighted by molar-refractivity contribution is -0.00676. The van der Waals surface area contributed by atoms with Gasteiger partial charge in [-0.25, -0.2) is 0 Å². The van der Waals surface area contributed by atoms with Crippen LogP contribution in [0.15, 0.2) is 91.0 Å². The van der Waals surface area contributed by atoms with Gasteiger partial charge in [-0.1, -0.05) is 30.3 Å². The molecule has 3 heterocycles. The van der Waals surface area contributed by atoms with E-state index < -0.39 is 94.5 Å². The quantitative estimate of drug-likeness (QED) is 0.101. The summed E-state index contributed by atoms with van der Waals surface area (Å²) in [6.07, 6.45) is -9.09. The Kier molecular flexibility index (Phi) is 9.23. The number of fused-ring (bicyclic) bond motifs is 4. The number of rotatable bonds is 5. The number of phenols is 10. The molecule has 0 amide bonds. The largest absolute Gasteiger partial charge is 0.508 e. The Balaban J connectivity index is 1.34. The third-order valence-electron chi connectivity index (χ3n) is 11.6. The molecule has 314 valence electrons. The van der Waals surface area contributed by atoms with E-state index in [0.717, 1.165) is 12.1 Å². The van der Waals surface area contributed by atoms with Gasteiger partial charge < -0.3 is 80.6 Å². The van der Waals surface area contributed by atoms with Gasteiger partial charge in [0.05, 0.1) is 6.10 Å². The minimum atomic E-state index is -1.69. The Bertz CT molecular complexity index is 2730. The molecular formula is C45H38O16. The number of aromatic hydroxyl groups is 10. The van der Waals surface area contributed by atoms with Gasteiger partial charge in [-0.2, -0.15) is 0 Å². The van der Waals surface area contributed by atoms with E-state index in [-0.39, 0.29) is 79.7 Å². The molecule has 0 aromatic heterocycles. The zero-order valence-corrected chi connectivity index (χ0v) is 31.5. The van der Waals surface area contributed by atoms with Crippen LogP contribution in [0, 0.1) is 0 Å². The third-order valence-corrected chi connectivity index (χ3v) is 11.6. The molecule has 0 aliphatic carbocycles. The van der Waals surface area contributed by atoms with Crippen LogP contribution in [0.2, 0.25) is 0 Å². The first kappa shape index (κ1) is 39.1. The van der Waals surface area contributed by atoms with Crippen LogP contribution in [-0.4, -0.2) is 84.7 Å². The van der Waals surface area contributed by atoms with E-state index in [9.17, 15) is 66.4 Å². The molecule has 61 heavy (non-hydrogen) atoms. The average Bonchev–Trinajstić information content (AvgIpc) is 3.22. The molecule has 0 saturated heterocycles. The number of benzene rings is 6. The van der Waals surface area contributed by atoms with Gasteiger partial charge in [-0.3, -0.25) is 0 Å². The van der Waals surface area contributed by atoms with Crippen molar-refractivity contribution in [3.05, 3.63) is 136 Å². The summed E-state index contributed by atoms with van der Waals surface area (Å²) < 4.78 is 19.4. The van der Waals surface area contributed by atoms with Crippen LogP contribution in [0.25, 0.3) is 0 Å². The molecule has 6 aromatic carbocycles. The predicted octanol–water partition coefficient (Wildman–Crippen LogP) is 5.03. The normalized spacial score (nSPS) is 24.0. The van der Waals surface area contributed by atoms with Crippen molar-refractivity contribution in [2.45, 2.75) is 54.9 Å². The van der Waals surface area contributed by atoms with Gasteiger partial charge in [0.25, 0.3) is 0 Å². The van der Waals surface area contributed by atoms with Gasteiger partial charge in [0, 0.05) is 58.2 Å². The zero-order valence-electron chi connectivity index (χ0n) is 31.5. The molecule has 3 aliphatic rings. The Morgan fingerprint density at radius 1 is 0.410 bits per heavy atom. The monoisotopic (exact) mass is 834 g/mol. The summed E-state index contributed by atoms with van der Waals surface area (Å²) in [6.45, 7) is 0. The van der Waals surface area contributed by atoms with Crippen LogP contribution >= 0.6 is 0 Å². The van der Waals surface area contributed by atoms with E-state index >= 15 is 0 Å². The molecule has 13 N–H and O–H groups in total. The van der Waals surface area contributed by atoms with E-state index in [1.165, 1.54) is 78.9 Å². The minimum absolute atomic E-state index is 0.00550. The fraction of sp³-hybridized carbons (Fsp3) is 0.200. The second-order valence-corrected chi connectivity index (χ2v) is 15.3. The van der Waals surface area contributed by atoms with Crippen LogP contribution in [0.1, 0.15) is 74.7 Å². The molecule has 8 unspecified atom stereocenters. The number of ether oxygens (including phenoxy) is 3. The van der Waals surface area contributed by atoms with Crippen LogP contribution in [-0.2, 0) is 6.42 Å². The summed E-state index contributed by atoms with van der Waals surface area (Å²) in [5, 5.41) is 144. The second-order valence-electron chi connectivity index (χ2n) is 15.3. The molecule has 0 spiro atoms. The summed E-state index contributed by atoms with van der Waals surface area (Å²) in [5.74, 6) is -7.62. The molecule has 16 heteroatoms. The number of hydrogen-bond donors (Lipinski definition) is 13. The first-order valence-corrected chi connectivity index (χ1v) is 19.0. The summed E-state index contributed by atoms with van der Waals surface area (Å²) in [5.41, 5.74) is 0.566. The number of aliphatic hydroxyl groups excluding tert-OH is 3. The predicted molar refractivity (Wildman–Crippen MR) is 211 cm³/mol. The van der Waals surface area contributed by atoms with E-state index in [2.05, 4.69) is 0 Å². The highest BCUT2D eigenvalue weighted by Crippen LogP contribution is 2.62. The van der Waals surface area contributed by atoms with Crippen molar-refractivity contribution in [1.82, 2.24) is 0 Å². The highest BCUT2D eigenvalue weighted by molar-refractivity contribution is 5.71. The van der Waals surface area contributed by atoms with Crippen molar-refractivity contribution in [3.63, 3.8) is 0 Å². The zero-order chi connectivity index (χ0) is 43.2. The van der Waals surface area contributed by atoms with Crippen molar-refractivity contribution in [2.24, 2.45) is 0 Å². The second kappa shape index (κ2) is 14.4. The van der Waals surface area contributed by atoms with Crippen molar-refractivity contribution in [2.75, 3.05) is 0 Å². The molecule has 16 nitrogen and oxygen atoms in total. The summed E-state index contributed by atoms with van der Waals surface area (Å²) in [7, 11) is 0. The molecule has 9 rings (SSSR count). The SMILES string of the molecule is Oc1ccc(C2c3c(O)c(C4c5ccc(O)cc5OC(c5ccc(O)c(O)c5)C4O)c4c(c3OC(c3ccc(O)c(O)c3)C2O)CC(O)C(c2ccc(O)c(O)c2)O4)c(O)c1. The van der Waals surface area contributed by atoms with E-state index in [4.69, 9.17) is 14.2 Å². The van der Waals surface area contributed by atoms with E-state index in [1.54, 1.807) is 0 Å². The molecule has 6 aromatic rings. The van der Waals surface area contributed by atoms with Gasteiger partial charge in [-0.15, -0.1) is 0 Å². The van der Waals surface area contributed by atoms with E-state index in [0.29, 0.717) is 0 Å². The van der Waals surface area contributed by atoms with Gasteiger partial charge in [0.2, 0.25) is 0 Å². The van der Waals surface area contributed by atoms with Crippen LogP contribution in [0.4, 0.5) is 0 Å². The molecular weight excluding hydrogens is 796 g/mol. The lowest BCUT2D eigenvalue weighted by Gasteiger charge is -2.44. The van der Waals surface area contributed by atoms with Crippen molar-refractivity contribution in [3.8, 4) is 74.7 Å². The standard InChI is InChI=1S/C45H38O16/c46-20-4-6-22(28(51)14-20)34-36-38(56)37(35-23-7-5-21(47)15-33(23)59-42(40(35)58)18-2-9-26(49)30(53)12-18)44-24(16-32(55)41(60-44)17-1-8-25(48)29(52)11-17)45(36)61-43(39(34)57)19-3-10-27(50)31(54)13-19/h1-15,32,34-35,39-43,46-58H,16H2. The first-order chi connectivity index (χ1) is 29.1. The highest BCUT2D eigenvalue weighted by atomic mass is 16.5. The summed E-state index contributed by atoms with van der Waals surface area (Å²) >= 11 is 0. The molecule has 8 atom stereocenters. The van der Waals surface area contributed by atoms with Gasteiger partial charge in [0.15, 0.2) is 46.7 Å². The van der Waals surface area contributed by atoms with Crippen molar-refractivity contribution in [1.29, 1.82) is 0 Å². The lowest BCUT2D eigenvalue weighted by Crippen LogP contribution is -2.39. The molecule has 3 aliphatic heterocycles. The maximum Gasteiger partial charge on any atom is 0.157 e.